The molecule has 2 saturated carbocycles. The second kappa shape index (κ2) is 8.29. The molecule has 1 aromatic rings. The highest BCUT2D eigenvalue weighted by molar-refractivity contribution is 5.80. The predicted octanol–water partition coefficient (Wildman–Crippen LogP) is 2.64. The Morgan fingerprint density at radius 1 is 1.32 bits per heavy atom. The summed E-state index contributed by atoms with van der Waals surface area (Å²) in [6, 6.07) is 6.80. The number of hydrogen-bond donors (Lipinski definition) is 2. The van der Waals surface area contributed by atoms with Gasteiger partial charge < -0.3 is 24.8 Å². The first-order valence-electron chi connectivity index (χ1n) is 10.5. The summed E-state index contributed by atoms with van der Waals surface area (Å²) in [7, 11) is 3.53. The standard InChI is InChI=1S/C22H33N3O3/c1-15-5-6-16(18(13-15)27-12-11-26-3)14-24-21(23-2)25-19-17-7-10-28-20(17)22(19)8-4-9-22/h5-6,13,17,19-20H,4,7-12,14H2,1-3H3,(H2,23,24,25). The summed E-state index contributed by atoms with van der Waals surface area (Å²) in [4.78, 5) is 4.48. The van der Waals surface area contributed by atoms with Crippen molar-refractivity contribution in [3.63, 3.8) is 0 Å². The van der Waals surface area contributed by atoms with E-state index in [-0.39, 0.29) is 0 Å². The molecule has 2 N–H and O–H groups in total. The normalized spacial score (nSPS) is 27.7. The van der Waals surface area contributed by atoms with Gasteiger partial charge in [0.2, 0.25) is 0 Å². The Morgan fingerprint density at radius 3 is 2.89 bits per heavy atom. The zero-order chi connectivity index (χ0) is 19.6. The van der Waals surface area contributed by atoms with Crippen molar-refractivity contribution in [1.82, 2.24) is 10.6 Å². The van der Waals surface area contributed by atoms with E-state index in [1.54, 1.807) is 7.11 Å². The predicted molar refractivity (Wildman–Crippen MR) is 110 cm³/mol. The second-order valence-corrected chi connectivity index (χ2v) is 8.33. The van der Waals surface area contributed by atoms with Crippen molar-refractivity contribution in [3.8, 4) is 5.75 Å². The van der Waals surface area contributed by atoms with E-state index >= 15 is 0 Å². The van der Waals surface area contributed by atoms with E-state index in [2.05, 4.69) is 40.7 Å². The Morgan fingerprint density at radius 2 is 2.18 bits per heavy atom. The van der Waals surface area contributed by atoms with Crippen LogP contribution >= 0.6 is 0 Å². The number of aliphatic imine (C=N–C) groups is 1. The number of guanidine groups is 1. The highest BCUT2D eigenvalue weighted by Gasteiger charge is 2.66. The third kappa shape index (κ3) is 3.48. The van der Waals surface area contributed by atoms with E-state index in [4.69, 9.17) is 14.2 Å². The Kier molecular flexibility index (Phi) is 5.78. The molecule has 1 aromatic carbocycles. The van der Waals surface area contributed by atoms with Gasteiger partial charge in [-0.05, 0) is 37.8 Å². The quantitative estimate of drug-likeness (QED) is 0.428. The first kappa shape index (κ1) is 19.5. The molecule has 154 valence electrons. The van der Waals surface area contributed by atoms with Gasteiger partial charge in [-0.2, -0.15) is 0 Å². The molecule has 0 aromatic heterocycles. The molecule has 1 saturated heterocycles. The fourth-order valence-corrected chi connectivity index (χ4v) is 5.15. The van der Waals surface area contributed by atoms with Crippen LogP contribution in [-0.2, 0) is 16.0 Å². The van der Waals surface area contributed by atoms with Crippen LogP contribution in [0.25, 0.3) is 0 Å². The first-order chi connectivity index (χ1) is 13.7. The lowest BCUT2D eigenvalue weighted by atomic mass is 9.46. The third-order valence-corrected chi connectivity index (χ3v) is 6.77. The summed E-state index contributed by atoms with van der Waals surface area (Å²) >= 11 is 0. The molecular formula is C22H33N3O3. The number of benzene rings is 1. The molecule has 1 spiro atoms. The average molecular weight is 388 g/mol. The summed E-state index contributed by atoms with van der Waals surface area (Å²) in [6.07, 6.45) is 5.50. The fourth-order valence-electron chi connectivity index (χ4n) is 5.15. The Labute approximate surface area is 168 Å². The highest BCUT2D eigenvalue weighted by Crippen LogP contribution is 2.62. The average Bonchev–Trinajstić information content (AvgIpc) is 3.07. The zero-order valence-electron chi connectivity index (χ0n) is 17.3. The maximum absolute atomic E-state index is 6.03. The van der Waals surface area contributed by atoms with Crippen LogP contribution in [0.1, 0.15) is 36.8 Å². The van der Waals surface area contributed by atoms with Gasteiger partial charge in [0, 0.05) is 50.2 Å². The van der Waals surface area contributed by atoms with E-state index < -0.39 is 0 Å². The smallest absolute Gasteiger partial charge is 0.191 e. The second-order valence-electron chi connectivity index (χ2n) is 8.33. The van der Waals surface area contributed by atoms with Crippen molar-refractivity contribution < 1.29 is 14.2 Å². The molecule has 3 fully saturated rings. The van der Waals surface area contributed by atoms with Gasteiger partial charge in [0.25, 0.3) is 0 Å². The maximum atomic E-state index is 6.03. The molecule has 0 amide bonds. The van der Waals surface area contributed by atoms with E-state index in [1.165, 1.54) is 24.8 Å². The molecule has 0 bridgehead atoms. The number of nitrogens with one attached hydrogen (secondary N) is 2. The molecule has 0 radical (unpaired) electrons. The monoisotopic (exact) mass is 387 g/mol. The van der Waals surface area contributed by atoms with E-state index in [0.29, 0.717) is 43.2 Å². The number of fused-ring (bicyclic) bond motifs is 2. The van der Waals surface area contributed by atoms with Gasteiger partial charge in [-0.3, -0.25) is 4.99 Å². The van der Waals surface area contributed by atoms with E-state index in [9.17, 15) is 0 Å². The van der Waals surface area contributed by atoms with E-state index in [1.807, 2.05) is 7.05 Å². The summed E-state index contributed by atoms with van der Waals surface area (Å²) in [5.41, 5.74) is 2.66. The summed E-state index contributed by atoms with van der Waals surface area (Å²) in [5, 5.41) is 7.21. The Bertz CT molecular complexity index is 717. The Hall–Kier alpha value is -1.79. The fraction of sp³-hybridized carbons (Fsp3) is 0.682. The molecule has 3 unspecified atom stereocenters. The van der Waals surface area contributed by atoms with Crippen molar-refractivity contribution >= 4 is 5.96 Å². The minimum Gasteiger partial charge on any atom is -0.491 e. The maximum Gasteiger partial charge on any atom is 0.191 e. The van der Waals surface area contributed by atoms with Gasteiger partial charge in [-0.25, -0.2) is 0 Å². The lowest BCUT2D eigenvalue weighted by Gasteiger charge is -2.63. The molecular weight excluding hydrogens is 354 g/mol. The molecule has 6 nitrogen and oxygen atoms in total. The molecule has 2 aliphatic carbocycles. The number of aryl methyl sites for hydroxylation is 1. The minimum absolute atomic E-state index is 0.344. The van der Waals surface area contributed by atoms with Gasteiger partial charge in [-0.1, -0.05) is 18.6 Å². The van der Waals surface area contributed by atoms with Gasteiger partial charge in [0.15, 0.2) is 5.96 Å². The van der Waals surface area contributed by atoms with Gasteiger partial charge in [-0.15, -0.1) is 0 Å². The van der Waals surface area contributed by atoms with Crippen molar-refractivity contribution in [2.75, 3.05) is 34.0 Å². The first-order valence-corrected chi connectivity index (χ1v) is 10.5. The third-order valence-electron chi connectivity index (χ3n) is 6.77. The van der Waals surface area contributed by atoms with E-state index in [0.717, 1.165) is 30.3 Å². The molecule has 1 aliphatic heterocycles. The molecule has 4 rings (SSSR count). The number of rotatable bonds is 7. The van der Waals surface area contributed by atoms with Gasteiger partial charge in [0.1, 0.15) is 12.4 Å². The Balaban J connectivity index is 1.37. The minimum atomic E-state index is 0.344. The lowest BCUT2D eigenvalue weighted by molar-refractivity contribution is -0.171. The zero-order valence-corrected chi connectivity index (χ0v) is 17.3. The molecule has 3 atom stereocenters. The van der Waals surface area contributed by atoms with Crippen LogP contribution in [0.5, 0.6) is 5.75 Å². The van der Waals surface area contributed by atoms with Crippen LogP contribution in [0.3, 0.4) is 0 Å². The van der Waals surface area contributed by atoms with Crippen molar-refractivity contribution in [2.45, 2.75) is 51.3 Å². The van der Waals surface area contributed by atoms with Crippen LogP contribution in [0, 0.1) is 18.3 Å². The van der Waals surface area contributed by atoms with Crippen molar-refractivity contribution in [2.24, 2.45) is 16.3 Å². The number of nitrogens with zero attached hydrogens (tertiary/aromatic N) is 1. The summed E-state index contributed by atoms with van der Waals surface area (Å²) < 4.78 is 17.0. The van der Waals surface area contributed by atoms with Crippen LogP contribution < -0.4 is 15.4 Å². The SMILES string of the molecule is CN=C(NCc1ccc(C)cc1OCCOC)NC1C2CCOC2C12CCC2. The van der Waals surface area contributed by atoms with Crippen LogP contribution in [-0.4, -0.2) is 52.1 Å². The van der Waals surface area contributed by atoms with Crippen LogP contribution in [0.15, 0.2) is 23.2 Å². The highest BCUT2D eigenvalue weighted by atomic mass is 16.5. The van der Waals surface area contributed by atoms with Gasteiger partial charge >= 0.3 is 0 Å². The molecule has 3 aliphatic rings. The molecule has 1 heterocycles. The summed E-state index contributed by atoms with van der Waals surface area (Å²) in [5.74, 6) is 2.40. The number of methoxy groups -OCH3 is 1. The topological polar surface area (TPSA) is 64.1 Å². The molecule has 6 heteroatoms. The lowest BCUT2D eigenvalue weighted by Crippen LogP contribution is -2.72. The van der Waals surface area contributed by atoms with Crippen molar-refractivity contribution in [1.29, 1.82) is 0 Å². The van der Waals surface area contributed by atoms with Crippen molar-refractivity contribution in [3.05, 3.63) is 29.3 Å². The van der Waals surface area contributed by atoms with Crippen LogP contribution in [0.4, 0.5) is 0 Å². The largest absolute Gasteiger partial charge is 0.491 e. The summed E-state index contributed by atoms with van der Waals surface area (Å²) in [6.45, 7) is 4.79. The van der Waals surface area contributed by atoms with Gasteiger partial charge in [0.05, 0.1) is 12.7 Å². The number of ether oxygens (including phenoxy) is 3. The number of hydrogen-bond acceptors (Lipinski definition) is 4. The van der Waals surface area contributed by atoms with Crippen LogP contribution in [0.2, 0.25) is 0 Å². The molecule has 28 heavy (non-hydrogen) atoms.